The maximum Gasteiger partial charge on any atom is 0.573 e. The molecule has 84 valence electrons. The van der Waals surface area contributed by atoms with Crippen LogP contribution in [0.2, 0.25) is 0 Å². The second kappa shape index (κ2) is 3.88. The average molecular weight is 229 g/mol. The molecule has 0 spiro atoms. The summed E-state index contributed by atoms with van der Waals surface area (Å²) >= 11 is 0. The van der Waals surface area contributed by atoms with E-state index in [1.165, 1.54) is 30.8 Å². The first-order chi connectivity index (χ1) is 7.54. The molecule has 16 heavy (non-hydrogen) atoms. The molecule has 0 saturated carbocycles. The summed E-state index contributed by atoms with van der Waals surface area (Å²) in [6.07, 6.45) is -2.08. The predicted octanol–water partition coefficient (Wildman–Crippen LogP) is 3.24. The van der Waals surface area contributed by atoms with Gasteiger partial charge in [-0.25, -0.2) is 4.98 Å². The Kier molecular flexibility index (Phi) is 2.55. The zero-order valence-electron chi connectivity index (χ0n) is 7.86. The van der Waals surface area contributed by atoms with Crippen molar-refractivity contribution in [2.24, 2.45) is 0 Å². The largest absolute Gasteiger partial charge is 0.573 e. The van der Waals surface area contributed by atoms with Gasteiger partial charge in [-0.1, -0.05) is 12.1 Å². The molecule has 2 aromatic rings. The van der Waals surface area contributed by atoms with Crippen LogP contribution in [0.5, 0.6) is 5.75 Å². The van der Waals surface area contributed by atoms with Crippen LogP contribution in [0.3, 0.4) is 0 Å². The quantitative estimate of drug-likeness (QED) is 0.792. The zero-order chi connectivity index (χ0) is 11.6. The first-order valence-electron chi connectivity index (χ1n) is 4.29. The zero-order valence-corrected chi connectivity index (χ0v) is 7.86. The van der Waals surface area contributed by atoms with Crippen LogP contribution in [-0.4, -0.2) is 11.3 Å². The van der Waals surface area contributed by atoms with Gasteiger partial charge in [0.05, 0.1) is 6.20 Å². The monoisotopic (exact) mass is 229 g/mol. The molecule has 0 aliphatic heterocycles. The molecule has 0 aliphatic rings. The lowest BCUT2D eigenvalue weighted by molar-refractivity contribution is -0.274. The van der Waals surface area contributed by atoms with Crippen LogP contribution in [0, 0.1) is 0 Å². The molecule has 3 nitrogen and oxygen atoms in total. The van der Waals surface area contributed by atoms with E-state index in [1.807, 2.05) is 0 Å². The molecule has 0 fully saturated rings. The van der Waals surface area contributed by atoms with E-state index in [-0.39, 0.29) is 5.75 Å². The highest BCUT2D eigenvalue weighted by Crippen LogP contribution is 2.27. The van der Waals surface area contributed by atoms with Crippen LogP contribution in [0.1, 0.15) is 0 Å². The van der Waals surface area contributed by atoms with Gasteiger partial charge in [-0.05, 0) is 12.1 Å². The van der Waals surface area contributed by atoms with E-state index in [2.05, 4.69) is 9.72 Å². The minimum Gasteiger partial charge on any atom is -0.444 e. The van der Waals surface area contributed by atoms with Gasteiger partial charge in [-0.2, -0.15) is 0 Å². The summed E-state index contributed by atoms with van der Waals surface area (Å²) in [4.78, 5) is 3.67. The molecular formula is C10H6F3NO2. The third-order valence-electron chi connectivity index (χ3n) is 1.78. The topological polar surface area (TPSA) is 35.3 Å². The van der Waals surface area contributed by atoms with Gasteiger partial charge in [0, 0.05) is 5.56 Å². The molecule has 6 heteroatoms. The number of halogens is 3. The van der Waals surface area contributed by atoms with Gasteiger partial charge in [0.25, 0.3) is 0 Å². The third kappa shape index (κ3) is 2.53. The molecule has 0 N–H and O–H groups in total. The van der Waals surface area contributed by atoms with Crippen LogP contribution < -0.4 is 4.74 Å². The van der Waals surface area contributed by atoms with Crippen LogP contribution in [0.15, 0.2) is 41.3 Å². The van der Waals surface area contributed by atoms with E-state index in [1.54, 1.807) is 6.07 Å². The van der Waals surface area contributed by atoms with Gasteiger partial charge in [0.2, 0.25) is 0 Å². The number of nitrogens with zero attached hydrogens (tertiary/aromatic N) is 1. The Balaban J connectivity index is 2.27. The van der Waals surface area contributed by atoms with E-state index in [0.717, 1.165) is 0 Å². The van der Waals surface area contributed by atoms with Crippen LogP contribution in [0.4, 0.5) is 13.2 Å². The molecule has 0 unspecified atom stereocenters. The number of benzene rings is 1. The number of rotatable bonds is 2. The summed E-state index contributed by atoms with van der Waals surface area (Å²) in [7, 11) is 0. The molecule has 0 saturated heterocycles. The molecule has 0 aliphatic carbocycles. The van der Waals surface area contributed by atoms with Crippen molar-refractivity contribution in [3.8, 4) is 17.1 Å². The molecule has 0 bridgehead atoms. The van der Waals surface area contributed by atoms with Crippen molar-refractivity contribution in [3.63, 3.8) is 0 Å². The lowest BCUT2D eigenvalue weighted by Gasteiger charge is -2.08. The van der Waals surface area contributed by atoms with Crippen LogP contribution >= 0.6 is 0 Å². The van der Waals surface area contributed by atoms with Gasteiger partial charge in [-0.3, -0.25) is 0 Å². The van der Waals surface area contributed by atoms with Crippen molar-refractivity contribution >= 4 is 0 Å². The lowest BCUT2D eigenvalue weighted by Crippen LogP contribution is -2.17. The number of ether oxygens (including phenoxy) is 1. The standard InChI is InChI=1S/C10H6F3NO2/c11-10(12,13)16-8-3-1-2-7(4-8)9-5-14-6-15-9/h1-6H. The maximum atomic E-state index is 12.0. The highest BCUT2D eigenvalue weighted by atomic mass is 19.4. The van der Waals surface area contributed by atoms with Crippen LogP contribution in [0.25, 0.3) is 11.3 Å². The van der Waals surface area contributed by atoms with Crippen molar-refractivity contribution in [2.75, 3.05) is 0 Å². The molecule has 0 amide bonds. The molecule has 0 radical (unpaired) electrons. The van der Waals surface area contributed by atoms with Crippen molar-refractivity contribution in [3.05, 3.63) is 36.9 Å². The Labute approximate surface area is 88.5 Å². The Morgan fingerprint density at radius 1 is 1.25 bits per heavy atom. The van der Waals surface area contributed by atoms with E-state index >= 15 is 0 Å². The highest BCUT2D eigenvalue weighted by Gasteiger charge is 2.31. The molecule has 0 atom stereocenters. The molecule has 1 aromatic carbocycles. The van der Waals surface area contributed by atoms with Gasteiger partial charge in [0.15, 0.2) is 12.2 Å². The first-order valence-corrected chi connectivity index (χ1v) is 4.29. The summed E-state index contributed by atoms with van der Waals surface area (Å²) in [5.41, 5.74) is 0.472. The highest BCUT2D eigenvalue weighted by molar-refractivity contribution is 5.58. The lowest BCUT2D eigenvalue weighted by atomic mass is 10.2. The summed E-state index contributed by atoms with van der Waals surface area (Å²) in [6, 6.07) is 5.49. The van der Waals surface area contributed by atoms with E-state index in [0.29, 0.717) is 11.3 Å². The fourth-order valence-corrected chi connectivity index (χ4v) is 1.20. The fraction of sp³-hybridized carbons (Fsp3) is 0.100. The van der Waals surface area contributed by atoms with Crippen molar-refractivity contribution in [1.82, 2.24) is 4.98 Å². The minimum atomic E-state index is -4.69. The number of hydrogen-bond donors (Lipinski definition) is 0. The SMILES string of the molecule is FC(F)(F)Oc1cccc(-c2cnco2)c1. The summed E-state index contributed by atoms with van der Waals surface area (Å²) < 4.78 is 44.6. The number of aromatic nitrogens is 1. The Morgan fingerprint density at radius 2 is 2.06 bits per heavy atom. The third-order valence-corrected chi connectivity index (χ3v) is 1.78. The Bertz CT molecular complexity index is 465. The van der Waals surface area contributed by atoms with Crippen molar-refractivity contribution in [2.45, 2.75) is 6.36 Å². The van der Waals surface area contributed by atoms with Gasteiger partial charge in [0.1, 0.15) is 5.75 Å². The average Bonchev–Trinajstić information content (AvgIpc) is 2.68. The molecule has 1 aromatic heterocycles. The van der Waals surface area contributed by atoms with E-state index in [4.69, 9.17) is 4.42 Å². The van der Waals surface area contributed by atoms with Gasteiger partial charge >= 0.3 is 6.36 Å². The molecule has 2 rings (SSSR count). The first kappa shape index (κ1) is 10.5. The normalized spacial score (nSPS) is 11.4. The summed E-state index contributed by atoms with van der Waals surface area (Å²) in [5.74, 6) is 0.0917. The smallest absolute Gasteiger partial charge is 0.444 e. The molecule has 1 heterocycles. The second-order valence-electron chi connectivity index (χ2n) is 2.94. The predicted molar refractivity (Wildman–Crippen MR) is 48.6 cm³/mol. The Morgan fingerprint density at radius 3 is 2.69 bits per heavy atom. The van der Waals surface area contributed by atoms with Gasteiger partial charge < -0.3 is 9.15 Å². The fourth-order valence-electron chi connectivity index (χ4n) is 1.20. The molecular weight excluding hydrogens is 223 g/mol. The number of alkyl halides is 3. The minimum absolute atomic E-state index is 0.290. The summed E-state index contributed by atoms with van der Waals surface area (Å²) in [6.45, 7) is 0. The van der Waals surface area contributed by atoms with Crippen LogP contribution in [-0.2, 0) is 0 Å². The van der Waals surface area contributed by atoms with Gasteiger partial charge in [-0.15, -0.1) is 13.2 Å². The van der Waals surface area contributed by atoms with Crippen molar-refractivity contribution in [1.29, 1.82) is 0 Å². The second-order valence-corrected chi connectivity index (χ2v) is 2.94. The van der Waals surface area contributed by atoms with E-state index < -0.39 is 6.36 Å². The number of oxazole rings is 1. The van der Waals surface area contributed by atoms with Crippen molar-refractivity contribution < 1.29 is 22.3 Å². The van der Waals surface area contributed by atoms with E-state index in [9.17, 15) is 13.2 Å². The Hall–Kier alpha value is -1.98. The summed E-state index contributed by atoms with van der Waals surface area (Å²) in [5, 5.41) is 0. The number of hydrogen-bond acceptors (Lipinski definition) is 3. The maximum absolute atomic E-state index is 12.0.